The minimum Gasteiger partial charge on any atom is -0.478 e. The van der Waals surface area contributed by atoms with Crippen LogP contribution in [0.25, 0.3) is 0 Å². The van der Waals surface area contributed by atoms with Gasteiger partial charge in [0.05, 0.1) is 11.7 Å². The Kier molecular flexibility index (Phi) is 5.45. The van der Waals surface area contributed by atoms with E-state index in [0.717, 1.165) is 12.1 Å². The first-order valence-electron chi connectivity index (χ1n) is 6.04. The molecular weight excluding hydrogens is 267 g/mol. The zero-order chi connectivity index (χ0) is 15.3. The highest BCUT2D eigenvalue weighted by Gasteiger charge is 2.13. The van der Waals surface area contributed by atoms with Gasteiger partial charge < -0.3 is 20.4 Å². The summed E-state index contributed by atoms with van der Waals surface area (Å²) in [6, 6.07) is 2.88. The van der Waals surface area contributed by atoms with E-state index in [1.807, 2.05) is 0 Å². The lowest BCUT2D eigenvalue weighted by atomic mass is 10.2. The summed E-state index contributed by atoms with van der Waals surface area (Å²) in [5.41, 5.74) is -0.285. The largest absolute Gasteiger partial charge is 0.478 e. The third-order valence-electron chi connectivity index (χ3n) is 2.68. The maximum atomic E-state index is 13.4. The number of aliphatic hydroxyl groups excluding tert-OH is 1. The first-order valence-corrected chi connectivity index (χ1v) is 6.04. The lowest BCUT2D eigenvalue weighted by Gasteiger charge is -2.18. The van der Waals surface area contributed by atoms with Gasteiger partial charge in [-0.25, -0.2) is 14.0 Å². The molecule has 0 spiro atoms. The van der Waals surface area contributed by atoms with E-state index in [4.69, 9.17) is 10.2 Å². The molecular formula is C13H17FN2O4. The van der Waals surface area contributed by atoms with Crippen molar-refractivity contribution in [1.29, 1.82) is 0 Å². The van der Waals surface area contributed by atoms with Gasteiger partial charge in [-0.1, -0.05) is 0 Å². The SMILES string of the molecule is CC(O)CCN(C)C(=O)Nc1ccc(C(=O)O)c(F)c1. The highest BCUT2D eigenvalue weighted by atomic mass is 19.1. The number of carboxylic acid groups (broad SMARTS) is 1. The Hall–Kier alpha value is -2.15. The highest BCUT2D eigenvalue weighted by molar-refractivity contribution is 5.91. The van der Waals surface area contributed by atoms with E-state index < -0.39 is 29.5 Å². The molecule has 1 aromatic carbocycles. The van der Waals surface area contributed by atoms with E-state index in [2.05, 4.69) is 5.32 Å². The van der Waals surface area contributed by atoms with E-state index in [1.165, 1.54) is 11.0 Å². The average molecular weight is 284 g/mol. The molecule has 1 rings (SSSR count). The van der Waals surface area contributed by atoms with Crippen LogP contribution in [0, 0.1) is 5.82 Å². The number of carbonyl (C=O) groups excluding carboxylic acids is 1. The van der Waals surface area contributed by atoms with Crippen molar-refractivity contribution in [1.82, 2.24) is 4.90 Å². The minimum absolute atomic E-state index is 0.168. The van der Waals surface area contributed by atoms with Gasteiger partial charge in [0.1, 0.15) is 5.82 Å². The maximum Gasteiger partial charge on any atom is 0.338 e. The summed E-state index contributed by atoms with van der Waals surface area (Å²) in [5, 5.41) is 20.3. The fourth-order valence-electron chi connectivity index (χ4n) is 1.47. The number of aromatic carboxylic acids is 1. The lowest BCUT2D eigenvalue weighted by Crippen LogP contribution is -2.33. The van der Waals surface area contributed by atoms with E-state index in [9.17, 15) is 14.0 Å². The molecule has 0 saturated carbocycles. The summed E-state index contributed by atoms with van der Waals surface area (Å²) >= 11 is 0. The molecule has 110 valence electrons. The molecule has 3 N–H and O–H groups in total. The molecule has 0 heterocycles. The highest BCUT2D eigenvalue weighted by Crippen LogP contribution is 2.15. The summed E-state index contributed by atoms with van der Waals surface area (Å²) in [4.78, 5) is 23.7. The second-order valence-electron chi connectivity index (χ2n) is 4.49. The van der Waals surface area contributed by atoms with Crippen LogP contribution in [-0.2, 0) is 0 Å². The Morgan fingerprint density at radius 2 is 2.10 bits per heavy atom. The first-order chi connectivity index (χ1) is 9.31. The summed E-state index contributed by atoms with van der Waals surface area (Å²) in [7, 11) is 1.54. The molecule has 0 aliphatic rings. The monoisotopic (exact) mass is 284 g/mol. The number of halogens is 1. The minimum atomic E-state index is -1.37. The van der Waals surface area contributed by atoms with E-state index in [1.54, 1.807) is 14.0 Å². The third kappa shape index (κ3) is 4.51. The Balaban J connectivity index is 2.66. The summed E-state index contributed by atoms with van der Waals surface area (Å²) in [6.07, 6.45) is -0.0893. The fraction of sp³-hybridized carbons (Fsp3) is 0.385. The number of anilines is 1. The predicted molar refractivity (Wildman–Crippen MR) is 71.3 cm³/mol. The van der Waals surface area contributed by atoms with Crippen LogP contribution in [0.3, 0.4) is 0 Å². The number of rotatable bonds is 5. The Morgan fingerprint density at radius 1 is 1.45 bits per heavy atom. The van der Waals surface area contributed by atoms with E-state index in [-0.39, 0.29) is 5.69 Å². The van der Waals surface area contributed by atoms with Crippen LogP contribution in [0.2, 0.25) is 0 Å². The van der Waals surface area contributed by atoms with Gasteiger partial charge in [-0.3, -0.25) is 0 Å². The van der Waals surface area contributed by atoms with Gasteiger partial charge in [-0.05, 0) is 31.5 Å². The van der Waals surface area contributed by atoms with E-state index >= 15 is 0 Å². The second kappa shape index (κ2) is 6.85. The standard InChI is InChI=1S/C13H17FN2O4/c1-8(17)5-6-16(2)13(20)15-9-3-4-10(12(18)19)11(14)7-9/h3-4,7-8,17H,5-6H2,1-2H3,(H,15,20)(H,18,19). The number of hydrogen-bond donors (Lipinski definition) is 3. The van der Waals surface area contributed by atoms with Crippen molar-refractivity contribution in [2.24, 2.45) is 0 Å². The molecule has 0 aliphatic heterocycles. The van der Waals surface area contributed by atoms with E-state index in [0.29, 0.717) is 13.0 Å². The molecule has 0 aromatic heterocycles. The van der Waals surface area contributed by atoms with Gasteiger partial charge in [-0.15, -0.1) is 0 Å². The normalized spacial score (nSPS) is 11.8. The van der Waals surface area contributed by atoms with Crippen molar-refractivity contribution in [3.63, 3.8) is 0 Å². The molecule has 20 heavy (non-hydrogen) atoms. The topological polar surface area (TPSA) is 89.9 Å². The number of urea groups is 1. The zero-order valence-electron chi connectivity index (χ0n) is 11.3. The van der Waals surface area contributed by atoms with Crippen molar-refractivity contribution < 1.29 is 24.2 Å². The number of amides is 2. The predicted octanol–water partition coefficient (Wildman–Crippen LogP) is 1.76. The van der Waals surface area contributed by atoms with Gasteiger partial charge >= 0.3 is 12.0 Å². The molecule has 2 amide bonds. The number of benzene rings is 1. The number of carbonyl (C=O) groups is 2. The molecule has 0 fully saturated rings. The van der Waals surface area contributed by atoms with Crippen molar-refractivity contribution in [3.8, 4) is 0 Å². The van der Waals surface area contributed by atoms with Crippen LogP contribution in [0.15, 0.2) is 18.2 Å². The molecule has 0 saturated heterocycles. The van der Waals surface area contributed by atoms with Crippen molar-refractivity contribution >= 4 is 17.7 Å². The maximum absolute atomic E-state index is 13.4. The summed E-state index contributed by atoms with van der Waals surface area (Å²) in [5.74, 6) is -2.28. The lowest BCUT2D eigenvalue weighted by molar-refractivity contribution is 0.0692. The molecule has 7 heteroatoms. The van der Waals surface area contributed by atoms with Crippen LogP contribution in [0.5, 0.6) is 0 Å². The van der Waals surface area contributed by atoms with Crippen molar-refractivity contribution in [3.05, 3.63) is 29.6 Å². The van der Waals surface area contributed by atoms with Crippen LogP contribution < -0.4 is 5.32 Å². The van der Waals surface area contributed by atoms with Crippen LogP contribution in [-0.4, -0.2) is 46.8 Å². The summed E-state index contributed by atoms with van der Waals surface area (Å²) in [6.45, 7) is 1.96. The summed E-state index contributed by atoms with van der Waals surface area (Å²) < 4.78 is 13.4. The number of nitrogens with zero attached hydrogens (tertiary/aromatic N) is 1. The molecule has 6 nitrogen and oxygen atoms in total. The van der Waals surface area contributed by atoms with Gasteiger partial charge in [-0.2, -0.15) is 0 Å². The molecule has 0 bridgehead atoms. The fourth-order valence-corrected chi connectivity index (χ4v) is 1.47. The van der Waals surface area contributed by atoms with Gasteiger partial charge in [0, 0.05) is 19.3 Å². The zero-order valence-corrected chi connectivity index (χ0v) is 11.3. The van der Waals surface area contributed by atoms with Crippen molar-refractivity contribution in [2.45, 2.75) is 19.4 Å². The number of carboxylic acids is 1. The van der Waals surface area contributed by atoms with Gasteiger partial charge in [0.15, 0.2) is 0 Å². The Morgan fingerprint density at radius 3 is 2.60 bits per heavy atom. The van der Waals surface area contributed by atoms with Gasteiger partial charge in [0.25, 0.3) is 0 Å². The Labute approximate surface area is 115 Å². The molecule has 0 radical (unpaired) electrons. The number of nitrogens with one attached hydrogen (secondary N) is 1. The molecule has 1 atom stereocenters. The molecule has 0 aliphatic carbocycles. The number of aliphatic hydroxyl groups is 1. The average Bonchev–Trinajstić information content (AvgIpc) is 2.35. The quantitative estimate of drug-likeness (QED) is 0.768. The number of hydrogen-bond acceptors (Lipinski definition) is 3. The van der Waals surface area contributed by atoms with Crippen LogP contribution in [0.4, 0.5) is 14.9 Å². The molecule has 1 unspecified atom stereocenters. The smallest absolute Gasteiger partial charge is 0.338 e. The van der Waals surface area contributed by atoms with Crippen molar-refractivity contribution in [2.75, 3.05) is 18.9 Å². The third-order valence-corrected chi connectivity index (χ3v) is 2.68. The first kappa shape index (κ1) is 15.9. The van der Waals surface area contributed by atoms with Crippen LogP contribution in [0.1, 0.15) is 23.7 Å². The second-order valence-corrected chi connectivity index (χ2v) is 4.49. The van der Waals surface area contributed by atoms with Gasteiger partial charge in [0.2, 0.25) is 0 Å². The van der Waals surface area contributed by atoms with Crippen LogP contribution >= 0.6 is 0 Å². The Bertz CT molecular complexity index is 505. The molecule has 1 aromatic rings.